The lowest BCUT2D eigenvalue weighted by Gasteiger charge is -2.26. The molecule has 0 bridgehead atoms. The van der Waals surface area contributed by atoms with Crippen molar-refractivity contribution in [3.8, 4) is 0 Å². The summed E-state index contributed by atoms with van der Waals surface area (Å²) in [5.41, 5.74) is 7.55. The molecule has 1 fully saturated rings. The van der Waals surface area contributed by atoms with Gasteiger partial charge in [-0.25, -0.2) is 4.99 Å². The Bertz CT molecular complexity index is 635. The van der Waals surface area contributed by atoms with Crippen LogP contribution in [0.15, 0.2) is 29.3 Å². The van der Waals surface area contributed by atoms with E-state index < -0.39 is 0 Å². The van der Waals surface area contributed by atoms with Gasteiger partial charge in [-0.3, -0.25) is 9.69 Å². The smallest absolute Gasteiger partial charge is 0.251 e. The van der Waals surface area contributed by atoms with E-state index in [1.165, 1.54) is 0 Å². The van der Waals surface area contributed by atoms with Gasteiger partial charge in [0, 0.05) is 38.3 Å². The third kappa shape index (κ3) is 10.8. The monoisotopic (exact) mass is 518 g/mol. The number of carbonyl (C=O) groups excluding carboxylic acids is 1. The highest BCUT2D eigenvalue weighted by molar-refractivity contribution is 14.0. The maximum Gasteiger partial charge on any atom is 0.251 e. The van der Waals surface area contributed by atoms with Crippen LogP contribution >= 0.6 is 24.0 Å². The molecule has 1 amide bonds. The minimum atomic E-state index is -0.0677. The van der Waals surface area contributed by atoms with Crippen LogP contribution in [0.2, 0.25) is 0 Å². The fraction of sp³-hybridized carbons (Fsp3) is 0.600. The fourth-order valence-corrected chi connectivity index (χ4v) is 2.88. The Morgan fingerprint density at radius 2 is 2.00 bits per heavy atom. The standard InChI is InChI=1S/C20H34N6O2.HI/c1-25(2)10-8-22-19(27)18-6-3-5-17(15-18)16-24-20(21)23-7-4-9-26-11-13-28-14-12-26;/h3,5-6,15H,4,7-14,16H2,1-2H3,(H,22,27)(H3,21,23,24);1H. The minimum Gasteiger partial charge on any atom is -0.379 e. The molecule has 0 unspecified atom stereocenters. The highest BCUT2D eigenvalue weighted by atomic mass is 127. The third-order valence-corrected chi connectivity index (χ3v) is 4.53. The van der Waals surface area contributed by atoms with Gasteiger partial charge in [0.2, 0.25) is 0 Å². The predicted octanol–water partition coefficient (Wildman–Crippen LogP) is 0.723. The van der Waals surface area contributed by atoms with Gasteiger partial charge < -0.3 is 26.0 Å². The van der Waals surface area contributed by atoms with Crippen molar-refractivity contribution in [3.63, 3.8) is 0 Å². The molecule has 1 heterocycles. The van der Waals surface area contributed by atoms with Crippen molar-refractivity contribution in [1.29, 1.82) is 0 Å². The molecule has 0 aliphatic carbocycles. The van der Waals surface area contributed by atoms with Crippen molar-refractivity contribution < 1.29 is 9.53 Å². The van der Waals surface area contributed by atoms with E-state index in [0.717, 1.165) is 57.9 Å². The van der Waals surface area contributed by atoms with Crippen LogP contribution < -0.4 is 16.4 Å². The quantitative estimate of drug-likeness (QED) is 0.183. The first-order valence-corrected chi connectivity index (χ1v) is 9.90. The predicted molar refractivity (Wildman–Crippen MR) is 128 cm³/mol. The zero-order chi connectivity index (χ0) is 20.2. The summed E-state index contributed by atoms with van der Waals surface area (Å²) in [6.45, 7) is 7.36. The maximum atomic E-state index is 12.2. The molecule has 0 spiro atoms. The molecule has 1 aromatic rings. The molecule has 0 saturated carbocycles. The number of nitrogens with two attached hydrogens (primary N) is 1. The highest BCUT2D eigenvalue weighted by Gasteiger charge is 2.09. The number of ether oxygens (including phenoxy) is 1. The summed E-state index contributed by atoms with van der Waals surface area (Å²) in [5.74, 6) is 0.365. The average Bonchev–Trinajstić information content (AvgIpc) is 2.70. The van der Waals surface area contributed by atoms with Gasteiger partial charge in [0.15, 0.2) is 5.96 Å². The van der Waals surface area contributed by atoms with Crippen molar-refractivity contribution in [3.05, 3.63) is 35.4 Å². The molecule has 1 saturated heterocycles. The topological polar surface area (TPSA) is 95.2 Å². The first-order chi connectivity index (χ1) is 13.5. The molecule has 164 valence electrons. The Kier molecular flexibility index (Phi) is 12.8. The molecule has 9 heteroatoms. The number of amides is 1. The van der Waals surface area contributed by atoms with E-state index in [1.54, 1.807) is 0 Å². The summed E-state index contributed by atoms with van der Waals surface area (Å²) in [7, 11) is 3.96. The van der Waals surface area contributed by atoms with Crippen molar-refractivity contribution in [1.82, 2.24) is 20.4 Å². The number of halogens is 1. The molecular weight excluding hydrogens is 483 g/mol. The van der Waals surface area contributed by atoms with Crippen molar-refractivity contribution in [2.45, 2.75) is 13.0 Å². The minimum absolute atomic E-state index is 0. The van der Waals surface area contributed by atoms with E-state index in [9.17, 15) is 4.79 Å². The second-order valence-corrected chi connectivity index (χ2v) is 7.20. The highest BCUT2D eigenvalue weighted by Crippen LogP contribution is 2.06. The molecule has 4 N–H and O–H groups in total. The van der Waals surface area contributed by atoms with E-state index in [2.05, 4.69) is 20.5 Å². The number of aliphatic imine (C=N–C) groups is 1. The van der Waals surface area contributed by atoms with Crippen molar-refractivity contribution in [2.75, 3.05) is 66.6 Å². The number of benzene rings is 1. The van der Waals surface area contributed by atoms with Gasteiger partial charge in [-0.05, 0) is 44.8 Å². The zero-order valence-electron chi connectivity index (χ0n) is 17.5. The number of morpholine rings is 1. The second-order valence-electron chi connectivity index (χ2n) is 7.20. The Labute approximate surface area is 191 Å². The molecule has 0 radical (unpaired) electrons. The van der Waals surface area contributed by atoms with Crippen LogP contribution in [-0.4, -0.2) is 88.2 Å². The molecule has 0 atom stereocenters. The van der Waals surface area contributed by atoms with Crippen LogP contribution in [0, 0.1) is 0 Å². The summed E-state index contributed by atoms with van der Waals surface area (Å²) in [4.78, 5) is 21.0. The maximum absolute atomic E-state index is 12.2. The number of guanidine groups is 1. The molecule has 1 aliphatic heterocycles. The number of rotatable bonds is 10. The third-order valence-electron chi connectivity index (χ3n) is 4.53. The molecule has 2 rings (SSSR count). The molecule has 29 heavy (non-hydrogen) atoms. The van der Waals surface area contributed by atoms with Gasteiger partial charge in [-0.2, -0.15) is 0 Å². The molecule has 1 aromatic carbocycles. The average molecular weight is 518 g/mol. The van der Waals surface area contributed by atoms with Gasteiger partial charge >= 0.3 is 0 Å². The van der Waals surface area contributed by atoms with Crippen LogP contribution in [0.4, 0.5) is 0 Å². The lowest BCUT2D eigenvalue weighted by molar-refractivity contribution is 0.0376. The first kappa shape index (κ1) is 25.6. The number of hydrogen-bond acceptors (Lipinski definition) is 5. The summed E-state index contributed by atoms with van der Waals surface area (Å²) in [6, 6.07) is 7.50. The molecule has 8 nitrogen and oxygen atoms in total. The first-order valence-electron chi connectivity index (χ1n) is 9.90. The number of hydrogen-bond donors (Lipinski definition) is 3. The van der Waals surface area contributed by atoms with E-state index in [0.29, 0.717) is 24.6 Å². The largest absolute Gasteiger partial charge is 0.379 e. The van der Waals surface area contributed by atoms with Crippen molar-refractivity contribution >= 4 is 35.8 Å². The summed E-state index contributed by atoms with van der Waals surface area (Å²) in [5, 5.41) is 6.07. The van der Waals surface area contributed by atoms with E-state index in [1.807, 2.05) is 43.3 Å². The Hall–Kier alpha value is -1.43. The summed E-state index contributed by atoms with van der Waals surface area (Å²) >= 11 is 0. The van der Waals surface area contributed by atoms with Gasteiger partial charge in [-0.15, -0.1) is 24.0 Å². The number of carbonyl (C=O) groups is 1. The normalized spacial score (nSPS) is 15.1. The lowest BCUT2D eigenvalue weighted by Crippen LogP contribution is -2.39. The van der Waals surface area contributed by atoms with Crippen molar-refractivity contribution in [2.24, 2.45) is 10.7 Å². The zero-order valence-corrected chi connectivity index (χ0v) is 19.9. The van der Waals surface area contributed by atoms with Crippen LogP contribution in [0.5, 0.6) is 0 Å². The van der Waals surface area contributed by atoms with Gasteiger partial charge in [-0.1, -0.05) is 12.1 Å². The fourth-order valence-electron chi connectivity index (χ4n) is 2.88. The van der Waals surface area contributed by atoms with Crippen LogP contribution in [0.25, 0.3) is 0 Å². The van der Waals surface area contributed by atoms with Gasteiger partial charge in [0.25, 0.3) is 5.91 Å². The van der Waals surface area contributed by atoms with E-state index in [-0.39, 0.29) is 29.9 Å². The molecule has 0 aromatic heterocycles. The number of nitrogens with zero attached hydrogens (tertiary/aromatic N) is 3. The van der Waals surface area contributed by atoms with Gasteiger partial charge in [0.05, 0.1) is 19.8 Å². The SMILES string of the molecule is CN(C)CCNC(=O)c1cccc(CN=C(N)NCCCN2CCOCC2)c1.I. The summed E-state index contributed by atoms with van der Waals surface area (Å²) < 4.78 is 5.35. The van der Waals surface area contributed by atoms with Gasteiger partial charge in [0.1, 0.15) is 0 Å². The van der Waals surface area contributed by atoms with Crippen LogP contribution in [0.1, 0.15) is 22.3 Å². The number of nitrogens with one attached hydrogen (secondary N) is 2. The molecule has 1 aliphatic rings. The van der Waals surface area contributed by atoms with Crippen LogP contribution in [0.3, 0.4) is 0 Å². The Balaban J connectivity index is 0.00000420. The number of likely N-dealkylation sites (N-methyl/N-ethyl adjacent to an activating group) is 1. The van der Waals surface area contributed by atoms with E-state index in [4.69, 9.17) is 10.5 Å². The molecular formula is C20H35IN6O2. The second kappa shape index (κ2) is 14.5. The Morgan fingerprint density at radius 1 is 1.24 bits per heavy atom. The summed E-state index contributed by atoms with van der Waals surface area (Å²) in [6.07, 6.45) is 1.01. The lowest BCUT2D eigenvalue weighted by atomic mass is 10.1. The Morgan fingerprint density at radius 3 is 2.72 bits per heavy atom. The van der Waals surface area contributed by atoms with E-state index >= 15 is 0 Å². The van der Waals surface area contributed by atoms with Crippen LogP contribution in [-0.2, 0) is 11.3 Å².